The van der Waals surface area contributed by atoms with Gasteiger partial charge >= 0.3 is 0 Å². The lowest BCUT2D eigenvalue weighted by Crippen LogP contribution is -2.35. The molecule has 0 atom stereocenters. The Morgan fingerprint density at radius 1 is 1.21 bits per heavy atom. The molecule has 0 aliphatic carbocycles. The lowest BCUT2D eigenvalue weighted by Gasteiger charge is -2.17. The van der Waals surface area contributed by atoms with E-state index in [0.29, 0.717) is 34.5 Å². The van der Waals surface area contributed by atoms with Crippen LogP contribution in [0.25, 0.3) is 0 Å². The van der Waals surface area contributed by atoms with Crippen molar-refractivity contribution in [2.24, 2.45) is 5.92 Å². The summed E-state index contributed by atoms with van der Waals surface area (Å²) >= 11 is 12.1. The number of hydrogen-bond acceptors (Lipinski definition) is 3. The number of benzene rings is 1. The molecule has 0 aliphatic heterocycles. The molecule has 0 radical (unpaired) electrons. The Morgan fingerprint density at radius 2 is 1.83 bits per heavy atom. The van der Waals surface area contributed by atoms with Crippen molar-refractivity contribution in [3.63, 3.8) is 0 Å². The third-order valence-electron chi connectivity index (χ3n) is 4.69. The average molecular weight is 439 g/mol. The molecule has 1 heterocycles. The second-order valence-electron chi connectivity index (χ2n) is 7.62. The van der Waals surface area contributed by atoms with Crippen LogP contribution in [0.15, 0.2) is 18.2 Å². The lowest BCUT2D eigenvalue weighted by molar-refractivity contribution is -0.133. The van der Waals surface area contributed by atoms with Crippen molar-refractivity contribution in [2.75, 3.05) is 18.9 Å². The van der Waals surface area contributed by atoms with Gasteiger partial charge < -0.3 is 10.2 Å². The predicted octanol–water partition coefficient (Wildman–Crippen LogP) is 4.49. The fourth-order valence-electron chi connectivity index (χ4n) is 3.14. The quantitative estimate of drug-likeness (QED) is 0.659. The van der Waals surface area contributed by atoms with E-state index in [0.717, 1.165) is 23.5 Å². The van der Waals surface area contributed by atoms with E-state index in [9.17, 15) is 9.59 Å². The number of hydrogen-bond donors (Lipinski definition) is 1. The van der Waals surface area contributed by atoms with Gasteiger partial charge in [0.15, 0.2) is 0 Å². The Hall–Kier alpha value is -2.05. The third-order valence-corrected chi connectivity index (χ3v) is 5.32. The summed E-state index contributed by atoms with van der Waals surface area (Å²) in [4.78, 5) is 26.2. The van der Waals surface area contributed by atoms with Crippen molar-refractivity contribution >= 4 is 40.7 Å². The van der Waals surface area contributed by atoms with E-state index in [1.165, 1.54) is 4.90 Å². The Labute approximate surface area is 182 Å². The van der Waals surface area contributed by atoms with Gasteiger partial charge in [0.2, 0.25) is 11.8 Å². The third kappa shape index (κ3) is 6.21. The lowest BCUT2D eigenvalue weighted by atomic mass is 10.1. The minimum absolute atomic E-state index is 0.0784. The van der Waals surface area contributed by atoms with Gasteiger partial charge in [-0.25, -0.2) is 0 Å². The molecule has 1 aromatic carbocycles. The summed E-state index contributed by atoms with van der Waals surface area (Å²) in [6.45, 7) is 9.07. The van der Waals surface area contributed by atoms with Gasteiger partial charge in [-0.1, -0.05) is 43.1 Å². The van der Waals surface area contributed by atoms with Gasteiger partial charge in [0.1, 0.15) is 0 Å². The topological polar surface area (TPSA) is 67.2 Å². The SMILES string of the molecule is Cc1nn(CC(C)C)c(C)c1CCC(=O)N(C)CC(=O)Nc1c(Cl)cccc1Cl. The Bertz CT molecular complexity index is 873. The molecular weight excluding hydrogens is 411 g/mol. The number of nitrogens with one attached hydrogen (secondary N) is 1. The van der Waals surface area contributed by atoms with Gasteiger partial charge in [0.05, 0.1) is 28.0 Å². The van der Waals surface area contributed by atoms with Gasteiger partial charge in [0, 0.05) is 25.7 Å². The van der Waals surface area contributed by atoms with Crippen LogP contribution in [0, 0.1) is 19.8 Å². The van der Waals surface area contributed by atoms with Gasteiger partial charge in [-0.05, 0) is 43.9 Å². The molecule has 29 heavy (non-hydrogen) atoms. The van der Waals surface area contributed by atoms with E-state index in [1.807, 2.05) is 18.5 Å². The van der Waals surface area contributed by atoms with Crippen LogP contribution in [0.2, 0.25) is 10.0 Å². The number of likely N-dealkylation sites (N-methyl/N-ethyl adjacent to an activating group) is 1. The first-order valence-corrected chi connectivity index (χ1v) is 10.4. The van der Waals surface area contributed by atoms with E-state index in [1.54, 1.807) is 25.2 Å². The van der Waals surface area contributed by atoms with Gasteiger partial charge in [-0.15, -0.1) is 0 Å². The van der Waals surface area contributed by atoms with Crippen LogP contribution in [0.1, 0.15) is 37.2 Å². The monoisotopic (exact) mass is 438 g/mol. The first-order valence-electron chi connectivity index (χ1n) is 9.60. The zero-order valence-corrected chi connectivity index (χ0v) is 19.1. The van der Waals surface area contributed by atoms with Crippen molar-refractivity contribution in [2.45, 2.75) is 47.1 Å². The van der Waals surface area contributed by atoms with Crippen LogP contribution in [0.5, 0.6) is 0 Å². The molecule has 1 N–H and O–H groups in total. The highest BCUT2D eigenvalue weighted by Crippen LogP contribution is 2.29. The summed E-state index contributed by atoms with van der Waals surface area (Å²) in [6, 6.07) is 4.98. The van der Waals surface area contributed by atoms with E-state index >= 15 is 0 Å². The van der Waals surface area contributed by atoms with Crippen LogP contribution in [0.4, 0.5) is 5.69 Å². The molecule has 0 saturated carbocycles. The number of aryl methyl sites for hydroxylation is 1. The van der Waals surface area contributed by atoms with Crippen molar-refractivity contribution in [1.29, 1.82) is 0 Å². The number of aromatic nitrogens is 2. The highest BCUT2D eigenvalue weighted by molar-refractivity contribution is 6.39. The van der Waals surface area contributed by atoms with Crippen molar-refractivity contribution < 1.29 is 9.59 Å². The number of amides is 2. The van der Waals surface area contributed by atoms with E-state index < -0.39 is 0 Å². The van der Waals surface area contributed by atoms with Gasteiger partial charge in [-0.3, -0.25) is 14.3 Å². The normalized spacial score (nSPS) is 11.0. The number of carbonyl (C=O) groups excluding carboxylic acids is 2. The molecule has 2 amide bonds. The number of halogens is 2. The maximum Gasteiger partial charge on any atom is 0.244 e. The van der Waals surface area contributed by atoms with Crippen LogP contribution < -0.4 is 5.32 Å². The standard InChI is InChI=1S/C21H28Cl2N4O2/c1-13(2)11-27-15(4)16(14(3)25-27)9-10-20(29)26(5)12-19(28)24-21-17(22)7-6-8-18(21)23/h6-8,13H,9-12H2,1-5H3,(H,24,28). The summed E-state index contributed by atoms with van der Waals surface area (Å²) < 4.78 is 2.00. The smallest absolute Gasteiger partial charge is 0.244 e. The molecular formula is C21H28Cl2N4O2. The molecule has 0 aliphatic rings. The second-order valence-corrected chi connectivity index (χ2v) is 8.43. The number of anilines is 1. The Morgan fingerprint density at radius 3 is 2.41 bits per heavy atom. The number of nitrogens with zero attached hydrogens (tertiary/aromatic N) is 3. The summed E-state index contributed by atoms with van der Waals surface area (Å²) in [5, 5.41) is 7.96. The van der Waals surface area contributed by atoms with Crippen molar-refractivity contribution in [3.8, 4) is 0 Å². The molecule has 0 unspecified atom stereocenters. The molecule has 2 aromatic rings. The Balaban J connectivity index is 1.93. The molecule has 158 valence electrons. The fourth-order valence-corrected chi connectivity index (χ4v) is 3.63. The van der Waals surface area contributed by atoms with Crippen LogP contribution >= 0.6 is 23.2 Å². The first-order chi connectivity index (χ1) is 13.6. The van der Waals surface area contributed by atoms with Crippen molar-refractivity contribution in [1.82, 2.24) is 14.7 Å². The maximum atomic E-state index is 12.5. The van der Waals surface area contributed by atoms with Crippen molar-refractivity contribution in [3.05, 3.63) is 45.2 Å². The first kappa shape index (κ1) is 23.2. The largest absolute Gasteiger partial charge is 0.336 e. The zero-order valence-electron chi connectivity index (χ0n) is 17.6. The molecule has 2 rings (SSSR count). The average Bonchev–Trinajstić information content (AvgIpc) is 2.88. The maximum absolute atomic E-state index is 12.5. The zero-order chi connectivity index (χ0) is 21.7. The summed E-state index contributed by atoms with van der Waals surface area (Å²) in [6.07, 6.45) is 0.905. The second kappa shape index (κ2) is 10.1. The number of carbonyl (C=O) groups is 2. The van der Waals surface area contributed by atoms with E-state index in [-0.39, 0.29) is 18.4 Å². The Kier molecular flexibility index (Phi) is 8.11. The molecule has 0 fully saturated rings. The molecule has 0 bridgehead atoms. The van der Waals surface area contributed by atoms with E-state index in [4.69, 9.17) is 23.2 Å². The molecule has 0 saturated heterocycles. The van der Waals surface area contributed by atoms with Crippen LogP contribution in [-0.2, 0) is 22.6 Å². The predicted molar refractivity (Wildman–Crippen MR) is 118 cm³/mol. The highest BCUT2D eigenvalue weighted by Gasteiger charge is 2.18. The summed E-state index contributed by atoms with van der Waals surface area (Å²) in [7, 11) is 1.61. The van der Waals surface area contributed by atoms with Crippen LogP contribution in [-0.4, -0.2) is 40.1 Å². The molecule has 6 nitrogen and oxygen atoms in total. The number of rotatable bonds is 8. The summed E-state index contributed by atoms with van der Waals surface area (Å²) in [5.74, 6) is 0.0347. The number of para-hydroxylation sites is 1. The fraction of sp³-hybridized carbons (Fsp3) is 0.476. The van der Waals surface area contributed by atoms with Crippen LogP contribution in [0.3, 0.4) is 0 Å². The highest BCUT2D eigenvalue weighted by atomic mass is 35.5. The molecule has 8 heteroatoms. The van der Waals surface area contributed by atoms with Gasteiger partial charge in [0.25, 0.3) is 0 Å². The molecule has 1 aromatic heterocycles. The minimum atomic E-state index is -0.354. The van der Waals surface area contributed by atoms with Gasteiger partial charge in [-0.2, -0.15) is 5.10 Å². The molecule has 0 spiro atoms. The minimum Gasteiger partial charge on any atom is -0.336 e. The van der Waals surface area contributed by atoms with E-state index in [2.05, 4.69) is 24.3 Å². The summed E-state index contributed by atoms with van der Waals surface area (Å²) in [5.41, 5.74) is 3.49.